The van der Waals surface area contributed by atoms with E-state index in [0.717, 1.165) is 0 Å². The minimum atomic E-state index is -1.10. The molecule has 0 radical (unpaired) electrons. The highest BCUT2D eigenvalue weighted by Gasteiger charge is 2.06. The highest BCUT2D eigenvalue weighted by atomic mass is 19.1. The number of hydrogen-bond acceptors (Lipinski definition) is 4. The predicted molar refractivity (Wildman–Crippen MR) is 69.6 cm³/mol. The van der Waals surface area contributed by atoms with Crippen LogP contribution in [-0.2, 0) is 6.54 Å². The molecule has 0 fully saturated rings. The summed E-state index contributed by atoms with van der Waals surface area (Å²) in [5.41, 5.74) is 1.00. The Morgan fingerprint density at radius 3 is 2.90 bits per heavy atom. The van der Waals surface area contributed by atoms with E-state index in [9.17, 15) is 9.18 Å². The zero-order chi connectivity index (χ0) is 14.5. The van der Waals surface area contributed by atoms with Crippen LogP contribution in [-0.4, -0.2) is 16.1 Å². The molecule has 100 valence electrons. The molecule has 20 heavy (non-hydrogen) atoms. The molecule has 0 saturated heterocycles. The van der Waals surface area contributed by atoms with Crippen molar-refractivity contribution < 1.29 is 14.3 Å². The van der Waals surface area contributed by atoms with E-state index in [0.29, 0.717) is 11.4 Å². The van der Waals surface area contributed by atoms with Gasteiger partial charge in [-0.3, -0.25) is 0 Å². The number of carbonyl (C=O) groups is 1. The Kier molecular flexibility index (Phi) is 3.91. The van der Waals surface area contributed by atoms with Gasteiger partial charge in [0.25, 0.3) is 0 Å². The Labute approximate surface area is 114 Å². The second-order valence-electron chi connectivity index (χ2n) is 3.98. The molecule has 2 rings (SSSR count). The van der Waals surface area contributed by atoms with Gasteiger partial charge in [-0.15, -0.1) is 0 Å². The van der Waals surface area contributed by atoms with Gasteiger partial charge in [0.05, 0.1) is 17.8 Å². The minimum Gasteiger partial charge on any atom is -0.477 e. The van der Waals surface area contributed by atoms with Crippen molar-refractivity contribution in [3.8, 4) is 6.07 Å². The Balaban J connectivity index is 2.11. The van der Waals surface area contributed by atoms with Crippen LogP contribution in [0.25, 0.3) is 0 Å². The smallest absolute Gasteiger partial charge is 0.354 e. The van der Waals surface area contributed by atoms with E-state index in [-0.39, 0.29) is 17.8 Å². The molecule has 2 aromatic rings. The van der Waals surface area contributed by atoms with Gasteiger partial charge >= 0.3 is 5.97 Å². The fourth-order valence-corrected chi connectivity index (χ4v) is 1.61. The molecule has 1 aromatic heterocycles. The lowest BCUT2D eigenvalue weighted by Gasteiger charge is -2.07. The van der Waals surface area contributed by atoms with Crippen LogP contribution in [0, 0.1) is 17.1 Å². The van der Waals surface area contributed by atoms with Crippen LogP contribution in [0.3, 0.4) is 0 Å². The van der Waals surface area contributed by atoms with Gasteiger partial charge in [0.1, 0.15) is 17.6 Å². The first kappa shape index (κ1) is 13.5. The Bertz CT molecular complexity index is 695. The SMILES string of the molecule is N#Cc1cc(NCc2cccc(C(=O)O)n2)ccc1F. The van der Waals surface area contributed by atoms with Crippen molar-refractivity contribution in [1.29, 1.82) is 5.26 Å². The second-order valence-corrected chi connectivity index (χ2v) is 3.98. The van der Waals surface area contributed by atoms with Gasteiger partial charge in [-0.25, -0.2) is 14.2 Å². The van der Waals surface area contributed by atoms with Crippen LogP contribution in [0.15, 0.2) is 36.4 Å². The number of nitrogens with one attached hydrogen (secondary N) is 1. The molecule has 0 atom stereocenters. The van der Waals surface area contributed by atoms with E-state index >= 15 is 0 Å². The monoisotopic (exact) mass is 271 g/mol. The van der Waals surface area contributed by atoms with Gasteiger partial charge in [0, 0.05) is 5.69 Å². The van der Waals surface area contributed by atoms with E-state index in [1.165, 1.54) is 24.3 Å². The number of carboxylic acids is 1. The molecule has 0 aliphatic heterocycles. The van der Waals surface area contributed by atoms with Crippen LogP contribution in [0.2, 0.25) is 0 Å². The van der Waals surface area contributed by atoms with E-state index in [4.69, 9.17) is 10.4 Å². The average molecular weight is 271 g/mol. The molecular weight excluding hydrogens is 261 g/mol. The Morgan fingerprint density at radius 1 is 1.40 bits per heavy atom. The number of anilines is 1. The lowest BCUT2D eigenvalue weighted by atomic mass is 10.2. The van der Waals surface area contributed by atoms with Gasteiger partial charge in [0.15, 0.2) is 0 Å². The minimum absolute atomic E-state index is 0.0406. The van der Waals surface area contributed by atoms with Crippen molar-refractivity contribution in [3.63, 3.8) is 0 Å². The molecule has 0 amide bonds. The third-order valence-corrected chi connectivity index (χ3v) is 2.59. The van der Waals surface area contributed by atoms with Crippen molar-refractivity contribution in [2.24, 2.45) is 0 Å². The molecular formula is C14H10FN3O2. The van der Waals surface area contributed by atoms with Crippen molar-refractivity contribution >= 4 is 11.7 Å². The first-order valence-electron chi connectivity index (χ1n) is 5.73. The number of hydrogen-bond donors (Lipinski definition) is 2. The molecule has 2 N–H and O–H groups in total. The molecule has 1 heterocycles. The van der Waals surface area contributed by atoms with Crippen LogP contribution < -0.4 is 5.32 Å². The summed E-state index contributed by atoms with van der Waals surface area (Å²) in [5.74, 6) is -1.68. The number of aromatic carboxylic acids is 1. The summed E-state index contributed by atoms with van der Waals surface area (Å²) in [5, 5.41) is 20.5. The predicted octanol–water partition coefficient (Wildman–Crippen LogP) is 2.40. The Hall–Kier alpha value is -2.94. The summed E-state index contributed by atoms with van der Waals surface area (Å²) in [6.45, 7) is 0.275. The molecule has 6 heteroatoms. The number of rotatable bonds is 4. The largest absolute Gasteiger partial charge is 0.477 e. The topological polar surface area (TPSA) is 86.0 Å². The summed E-state index contributed by atoms with van der Waals surface area (Å²) < 4.78 is 13.1. The number of carboxylic acid groups (broad SMARTS) is 1. The van der Waals surface area contributed by atoms with E-state index in [1.807, 2.05) is 0 Å². The van der Waals surface area contributed by atoms with Crippen LogP contribution >= 0.6 is 0 Å². The van der Waals surface area contributed by atoms with Gasteiger partial charge in [-0.05, 0) is 30.3 Å². The number of halogens is 1. The number of pyridine rings is 1. The molecule has 0 unspecified atom stereocenters. The Morgan fingerprint density at radius 2 is 2.20 bits per heavy atom. The summed E-state index contributed by atoms with van der Waals surface area (Å²) in [7, 11) is 0. The maximum Gasteiger partial charge on any atom is 0.354 e. The highest BCUT2D eigenvalue weighted by molar-refractivity contribution is 5.85. The lowest BCUT2D eigenvalue weighted by Crippen LogP contribution is -2.06. The standard InChI is InChI=1S/C14H10FN3O2/c15-12-5-4-10(6-9(12)7-16)17-8-11-2-1-3-13(18-11)14(19)20/h1-6,17H,8H2,(H,19,20). The first-order chi connectivity index (χ1) is 9.60. The zero-order valence-electron chi connectivity index (χ0n) is 10.3. The lowest BCUT2D eigenvalue weighted by molar-refractivity contribution is 0.0690. The third-order valence-electron chi connectivity index (χ3n) is 2.59. The van der Waals surface area contributed by atoms with Gasteiger partial charge < -0.3 is 10.4 Å². The normalized spacial score (nSPS) is 9.80. The van der Waals surface area contributed by atoms with Crippen molar-refractivity contribution in [1.82, 2.24) is 4.98 Å². The molecule has 1 aromatic carbocycles. The number of aromatic nitrogens is 1. The summed E-state index contributed by atoms with van der Waals surface area (Å²) >= 11 is 0. The van der Waals surface area contributed by atoms with Crippen LogP contribution in [0.4, 0.5) is 10.1 Å². The average Bonchev–Trinajstić information content (AvgIpc) is 2.46. The van der Waals surface area contributed by atoms with E-state index in [1.54, 1.807) is 18.2 Å². The molecule has 0 spiro atoms. The summed E-state index contributed by atoms with van der Waals surface area (Å²) in [6.07, 6.45) is 0. The molecule has 0 bridgehead atoms. The van der Waals surface area contributed by atoms with Crippen molar-refractivity contribution in [3.05, 3.63) is 59.2 Å². The fourth-order valence-electron chi connectivity index (χ4n) is 1.61. The van der Waals surface area contributed by atoms with Crippen molar-refractivity contribution in [2.75, 3.05) is 5.32 Å². The maximum absolute atomic E-state index is 13.1. The third kappa shape index (κ3) is 3.09. The molecule has 0 saturated carbocycles. The molecule has 5 nitrogen and oxygen atoms in total. The van der Waals surface area contributed by atoms with E-state index < -0.39 is 11.8 Å². The highest BCUT2D eigenvalue weighted by Crippen LogP contribution is 2.14. The van der Waals surface area contributed by atoms with Gasteiger partial charge in [-0.1, -0.05) is 6.07 Å². The quantitative estimate of drug-likeness (QED) is 0.891. The summed E-state index contributed by atoms with van der Waals surface area (Å²) in [4.78, 5) is 14.7. The fraction of sp³-hybridized carbons (Fsp3) is 0.0714. The second kappa shape index (κ2) is 5.80. The van der Waals surface area contributed by atoms with Crippen LogP contribution in [0.5, 0.6) is 0 Å². The van der Waals surface area contributed by atoms with Gasteiger partial charge in [-0.2, -0.15) is 5.26 Å². The molecule has 0 aliphatic rings. The number of benzene rings is 1. The first-order valence-corrected chi connectivity index (χ1v) is 5.73. The van der Waals surface area contributed by atoms with E-state index in [2.05, 4.69) is 10.3 Å². The van der Waals surface area contributed by atoms with Gasteiger partial charge in [0.2, 0.25) is 0 Å². The summed E-state index contributed by atoms with van der Waals surface area (Å²) in [6, 6.07) is 10.5. The molecule has 0 aliphatic carbocycles. The number of nitriles is 1. The zero-order valence-corrected chi connectivity index (χ0v) is 10.3. The van der Waals surface area contributed by atoms with Crippen LogP contribution in [0.1, 0.15) is 21.7 Å². The van der Waals surface area contributed by atoms with Crippen molar-refractivity contribution in [2.45, 2.75) is 6.54 Å². The number of nitrogens with zero attached hydrogens (tertiary/aromatic N) is 2. The maximum atomic E-state index is 13.1.